The van der Waals surface area contributed by atoms with E-state index in [1.54, 1.807) is 38.1 Å². The summed E-state index contributed by atoms with van der Waals surface area (Å²) >= 11 is 0. The van der Waals surface area contributed by atoms with Gasteiger partial charge in [-0.2, -0.15) is 0 Å². The van der Waals surface area contributed by atoms with E-state index < -0.39 is 34.3 Å². The molecule has 3 rings (SSSR count). The molecule has 0 heterocycles. The third-order valence-electron chi connectivity index (χ3n) is 5.50. The van der Waals surface area contributed by atoms with Crippen molar-refractivity contribution in [1.29, 1.82) is 0 Å². The lowest BCUT2D eigenvalue weighted by Gasteiger charge is -2.31. The minimum absolute atomic E-state index is 0.0184. The summed E-state index contributed by atoms with van der Waals surface area (Å²) in [6.07, 6.45) is 1.04. The zero-order valence-electron chi connectivity index (χ0n) is 19.4. The predicted octanol–water partition coefficient (Wildman–Crippen LogP) is 3.30. The standard InChI is InChI=1S/C25H28FN3O4S/c1-4-27-25(31)18(2)28(16-19-12-14-21(26)15-13-19)24(30)17-29(34(3,32)33)23-11-7-9-20-8-5-6-10-22(20)23/h5-15,18H,4,16-17H2,1-3H3,(H,27,31)/t18-/m0/s1. The molecule has 180 valence electrons. The molecule has 0 aliphatic carbocycles. The lowest BCUT2D eigenvalue weighted by atomic mass is 10.1. The molecule has 0 aliphatic heterocycles. The van der Waals surface area contributed by atoms with Crippen LogP contribution in [0.15, 0.2) is 66.7 Å². The van der Waals surface area contributed by atoms with Gasteiger partial charge in [-0.15, -0.1) is 0 Å². The molecule has 0 saturated carbocycles. The summed E-state index contributed by atoms with van der Waals surface area (Å²) in [4.78, 5) is 27.4. The molecule has 0 bridgehead atoms. The Bertz CT molecular complexity index is 1270. The second kappa shape index (κ2) is 10.6. The minimum Gasteiger partial charge on any atom is -0.355 e. The number of fused-ring (bicyclic) bond motifs is 1. The number of anilines is 1. The molecule has 0 fully saturated rings. The fraction of sp³-hybridized carbons (Fsp3) is 0.280. The predicted molar refractivity (Wildman–Crippen MR) is 131 cm³/mol. The topological polar surface area (TPSA) is 86.8 Å². The number of nitrogens with zero attached hydrogens (tertiary/aromatic N) is 2. The molecular weight excluding hydrogens is 457 g/mol. The van der Waals surface area contributed by atoms with Crippen molar-refractivity contribution in [1.82, 2.24) is 10.2 Å². The van der Waals surface area contributed by atoms with E-state index in [1.165, 1.54) is 29.2 Å². The van der Waals surface area contributed by atoms with Gasteiger partial charge >= 0.3 is 0 Å². The Morgan fingerprint density at radius 3 is 2.29 bits per heavy atom. The van der Waals surface area contributed by atoms with E-state index in [9.17, 15) is 22.4 Å². The molecule has 0 aliphatic rings. The molecule has 0 radical (unpaired) electrons. The number of nitrogens with one attached hydrogen (secondary N) is 1. The molecule has 7 nitrogen and oxygen atoms in total. The summed E-state index contributed by atoms with van der Waals surface area (Å²) in [6.45, 7) is 3.26. The molecule has 3 aromatic rings. The first-order valence-corrected chi connectivity index (χ1v) is 12.7. The van der Waals surface area contributed by atoms with Gasteiger partial charge in [-0.25, -0.2) is 12.8 Å². The van der Waals surface area contributed by atoms with Crippen LogP contribution in [0.4, 0.5) is 10.1 Å². The first-order valence-electron chi connectivity index (χ1n) is 10.9. The van der Waals surface area contributed by atoms with Gasteiger partial charge in [0.15, 0.2) is 0 Å². The number of hydrogen-bond acceptors (Lipinski definition) is 4. The zero-order chi connectivity index (χ0) is 24.9. The third kappa shape index (κ3) is 5.91. The highest BCUT2D eigenvalue weighted by molar-refractivity contribution is 7.92. The first kappa shape index (κ1) is 25.2. The number of hydrogen-bond donors (Lipinski definition) is 1. The summed E-state index contributed by atoms with van der Waals surface area (Å²) in [7, 11) is -3.84. The minimum atomic E-state index is -3.84. The van der Waals surface area contributed by atoms with Crippen molar-refractivity contribution < 1.29 is 22.4 Å². The summed E-state index contributed by atoms with van der Waals surface area (Å²) in [5.41, 5.74) is 0.989. The number of benzene rings is 3. The van der Waals surface area contributed by atoms with Crippen molar-refractivity contribution in [3.8, 4) is 0 Å². The van der Waals surface area contributed by atoms with E-state index >= 15 is 0 Å². The SMILES string of the molecule is CCNC(=O)[C@H](C)N(Cc1ccc(F)cc1)C(=O)CN(c1cccc2ccccc12)S(C)(=O)=O. The Morgan fingerprint density at radius 1 is 1.00 bits per heavy atom. The van der Waals surface area contributed by atoms with Gasteiger partial charge in [0.25, 0.3) is 0 Å². The number of amides is 2. The van der Waals surface area contributed by atoms with Crippen LogP contribution in [0.3, 0.4) is 0 Å². The molecule has 9 heteroatoms. The molecule has 34 heavy (non-hydrogen) atoms. The van der Waals surface area contributed by atoms with Crippen LogP contribution in [0, 0.1) is 5.82 Å². The quantitative estimate of drug-likeness (QED) is 0.504. The number of likely N-dealkylation sites (N-methyl/N-ethyl adjacent to an activating group) is 1. The van der Waals surface area contributed by atoms with Crippen LogP contribution in [0.1, 0.15) is 19.4 Å². The number of carbonyl (C=O) groups is 2. The summed E-state index contributed by atoms with van der Waals surface area (Å²) in [6, 6.07) is 17.3. The number of carbonyl (C=O) groups excluding carboxylic acids is 2. The van der Waals surface area contributed by atoms with E-state index in [-0.39, 0.29) is 12.5 Å². The summed E-state index contributed by atoms with van der Waals surface area (Å²) < 4.78 is 40.0. The van der Waals surface area contributed by atoms with Gasteiger partial charge in [0.1, 0.15) is 18.4 Å². The van der Waals surface area contributed by atoms with Crippen LogP contribution < -0.4 is 9.62 Å². The van der Waals surface area contributed by atoms with Gasteiger partial charge in [0.05, 0.1) is 11.9 Å². The molecule has 2 amide bonds. The largest absolute Gasteiger partial charge is 0.355 e. The molecule has 0 aromatic heterocycles. The van der Waals surface area contributed by atoms with Crippen molar-refractivity contribution in [2.75, 3.05) is 23.7 Å². The van der Waals surface area contributed by atoms with Crippen LogP contribution in [0.25, 0.3) is 10.8 Å². The van der Waals surface area contributed by atoms with Gasteiger partial charge < -0.3 is 10.2 Å². The van der Waals surface area contributed by atoms with Gasteiger partial charge in [0, 0.05) is 18.5 Å². The third-order valence-corrected chi connectivity index (χ3v) is 6.63. The second-order valence-corrected chi connectivity index (χ2v) is 9.89. The van der Waals surface area contributed by atoms with Crippen molar-refractivity contribution in [3.63, 3.8) is 0 Å². The van der Waals surface area contributed by atoms with Crippen molar-refractivity contribution in [2.45, 2.75) is 26.4 Å². The maximum absolute atomic E-state index is 13.5. The highest BCUT2D eigenvalue weighted by atomic mass is 32.2. The molecule has 0 unspecified atom stereocenters. The van der Waals surface area contributed by atoms with Crippen LogP contribution >= 0.6 is 0 Å². The van der Waals surface area contributed by atoms with Crippen molar-refractivity contribution in [2.24, 2.45) is 0 Å². The average Bonchev–Trinajstić information content (AvgIpc) is 2.80. The van der Waals surface area contributed by atoms with Gasteiger partial charge in [-0.05, 0) is 43.0 Å². The maximum atomic E-state index is 13.5. The Kier molecular flexibility index (Phi) is 7.88. The molecule has 3 aromatic carbocycles. The lowest BCUT2D eigenvalue weighted by Crippen LogP contribution is -2.51. The number of sulfonamides is 1. The van der Waals surface area contributed by atoms with E-state index in [4.69, 9.17) is 0 Å². The Labute approximate surface area is 199 Å². The van der Waals surface area contributed by atoms with Crippen molar-refractivity contribution in [3.05, 3.63) is 78.1 Å². The first-order chi connectivity index (χ1) is 16.1. The Morgan fingerprint density at radius 2 is 1.65 bits per heavy atom. The van der Waals surface area contributed by atoms with E-state index in [0.717, 1.165) is 15.9 Å². The van der Waals surface area contributed by atoms with E-state index in [0.29, 0.717) is 23.2 Å². The van der Waals surface area contributed by atoms with Gasteiger partial charge in [0.2, 0.25) is 21.8 Å². The fourth-order valence-corrected chi connectivity index (χ4v) is 4.57. The number of rotatable bonds is 9. The van der Waals surface area contributed by atoms with Crippen LogP contribution in [0.5, 0.6) is 0 Å². The van der Waals surface area contributed by atoms with Crippen molar-refractivity contribution >= 4 is 38.3 Å². The van der Waals surface area contributed by atoms with Crippen LogP contribution in [0.2, 0.25) is 0 Å². The highest BCUT2D eigenvalue weighted by Crippen LogP contribution is 2.28. The average molecular weight is 486 g/mol. The number of halogens is 1. The monoisotopic (exact) mass is 485 g/mol. The summed E-state index contributed by atoms with van der Waals surface area (Å²) in [5.74, 6) is -1.34. The Hall–Kier alpha value is -3.46. The van der Waals surface area contributed by atoms with Crippen LogP contribution in [-0.4, -0.2) is 50.5 Å². The zero-order valence-corrected chi connectivity index (χ0v) is 20.2. The lowest BCUT2D eigenvalue weighted by molar-refractivity contribution is -0.139. The van der Waals surface area contributed by atoms with Gasteiger partial charge in [-0.1, -0.05) is 48.5 Å². The second-order valence-electron chi connectivity index (χ2n) is 7.99. The van der Waals surface area contributed by atoms with Gasteiger partial charge in [-0.3, -0.25) is 13.9 Å². The molecule has 1 N–H and O–H groups in total. The maximum Gasteiger partial charge on any atom is 0.244 e. The van der Waals surface area contributed by atoms with Crippen LogP contribution in [-0.2, 0) is 26.2 Å². The molecular formula is C25H28FN3O4S. The Balaban J connectivity index is 1.98. The highest BCUT2D eigenvalue weighted by Gasteiger charge is 2.30. The normalized spacial score (nSPS) is 12.2. The smallest absolute Gasteiger partial charge is 0.244 e. The molecule has 1 atom stereocenters. The van der Waals surface area contributed by atoms with E-state index in [1.807, 2.05) is 18.2 Å². The van der Waals surface area contributed by atoms with E-state index in [2.05, 4.69) is 5.32 Å². The summed E-state index contributed by atoms with van der Waals surface area (Å²) in [5, 5.41) is 4.21. The molecule has 0 saturated heterocycles. The molecule has 0 spiro atoms. The fourth-order valence-electron chi connectivity index (χ4n) is 3.71.